The molecule has 23 heavy (non-hydrogen) atoms. The summed E-state index contributed by atoms with van der Waals surface area (Å²) < 4.78 is 1.24. The van der Waals surface area contributed by atoms with Gasteiger partial charge in [-0.2, -0.15) is 5.10 Å². The Kier molecular flexibility index (Phi) is 5.45. The minimum Gasteiger partial charge on any atom is -0.378 e. The molecular weight excluding hydrogens is 296 g/mol. The average molecular weight is 314 g/mol. The quantitative estimate of drug-likeness (QED) is 0.626. The van der Waals surface area contributed by atoms with Crippen LogP contribution >= 0.6 is 0 Å². The summed E-state index contributed by atoms with van der Waals surface area (Å²) in [5.41, 5.74) is 4.29. The summed E-state index contributed by atoms with van der Waals surface area (Å²) in [7, 11) is 3.92. The number of anilines is 1. The molecule has 0 saturated carbocycles. The maximum atomic E-state index is 11.6. The van der Waals surface area contributed by atoms with E-state index in [1.54, 1.807) is 0 Å². The summed E-state index contributed by atoms with van der Waals surface area (Å²) in [5, 5.41) is 6.29. The molecule has 2 N–H and O–H groups in total. The Bertz CT molecular complexity index is 677. The molecule has 2 aromatic rings. The number of imidazole rings is 1. The van der Waals surface area contributed by atoms with Crippen LogP contribution in [0.4, 0.5) is 10.5 Å². The maximum Gasteiger partial charge on any atom is 0.327 e. The van der Waals surface area contributed by atoms with E-state index < -0.39 is 11.9 Å². The van der Waals surface area contributed by atoms with Gasteiger partial charge in [-0.05, 0) is 17.7 Å². The molecule has 0 aliphatic carbocycles. The molecule has 0 bridgehead atoms. The molecule has 0 fully saturated rings. The standard InChI is InChI=1S/C15H18N6O2/c1-20(2)13-5-3-12(4-6-13)9-18-19-14(22)10-17-15(23)21-8-7-16-11-21/h3-9,11H,10H2,1-2H3,(H,17,23)(H,19,22)/b18-9-. The van der Waals surface area contributed by atoms with Gasteiger partial charge in [-0.15, -0.1) is 0 Å². The Morgan fingerprint density at radius 3 is 2.65 bits per heavy atom. The second-order valence-corrected chi connectivity index (χ2v) is 4.91. The lowest BCUT2D eigenvalue weighted by Crippen LogP contribution is -2.36. The zero-order chi connectivity index (χ0) is 16.7. The van der Waals surface area contributed by atoms with E-state index in [0.717, 1.165) is 11.3 Å². The molecule has 8 heteroatoms. The molecule has 2 rings (SSSR count). The normalized spacial score (nSPS) is 10.5. The van der Waals surface area contributed by atoms with Crippen molar-refractivity contribution in [3.63, 3.8) is 0 Å². The molecule has 0 aliphatic rings. The number of benzene rings is 1. The van der Waals surface area contributed by atoms with Gasteiger partial charge in [0.25, 0.3) is 5.91 Å². The van der Waals surface area contributed by atoms with Gasteiger partial charge in [0, 0.05) is 32.2 Å². The van der Waals surface area contributed by atoms with E-state index in [9.17, 15) is 9.59 Å². The molecule has 120 valence electrons. The number of hydrogen-bond donors (Lipinski definition) is 2. The number of nitrogens with one attached hydrogen (secondary N) is 2. The van der Waals surface area contributed by atoms with Crippen LogP contribution < -0.4 is 15.6 Å². The summed E-state index contributed by atoms with van der Waals surface area (Å²) in [5.74, 6) is -0.417. The second kappa shape index (κ2) is 7.74. The summed E-state index contributed by atoms with van der Waals surface area (Å²) in [6.07, 6.45) is 5.85. The van der Waals surface area contributed by atoms with Gasteiger partial charge in [0.2, 0.25) is 0 Å². The number of nitrogens with zero attached hydrogens (tertiary/aromatic N) is 4. The van der Waals surface area contributed by atoms with Gasteiger partial charge in [-0.25, -0.2) is 15.2 Å². The van der Waals surface area contributed by atoms with Crippen molar-refractivity contribution in [2.45, 2.75) is 0 Å². The van der Waals surface area contributed by atoms with E-state index in [-0.39, 0.29) is 6.54 Å². The minimum absolute atomic E-state index is 0.173. The first kappa shape index (κ1) is 16.2. The average Bonchev–Trinajstić information content (AvgIpc) is 3.07. The number of carbonyl (C=O) groups excluding carboxylic acids is 2. The Hall–Kier alpha value is -3.16. The fourth-order valence-electron chi connectivity index (χ4n) is 1.70. The lowest BCUT2D eigenvalue weighted by molar-refractivity contribution is -0.120. The molecule has 2 amide bonds. The lowest BCUT2D eigenvalue weighted by atomic mass is 10.2. The van der Waals surface area contributed by atoms with Crippen molar-refractivity contribution in [2.24, 2.45) is 5.10 Å². The third kappa shape index (κ3) is 4.95. The van der Waals surface area contributed by atoms with Crippen molar-refractivity contribution in [1.29, 1.82) is 0 Å². The second-order valence-electron chi connectivity index (χ2n) is 4.91. The first-order valence-corrected chi connectivity index (χ1v) is 6.91. The third-order valence-corrected chi connectivity index (χ3v) is 2.95. The van der Waals surface area contributed by atoms with Crippen LogP contribution in [-0.4, -0.2) is 48.3 Å². The van der Waals surface area contributed by atoms with Crippen LogP contribution in [0.5, 0.6) is 0 Å². The van der Waals surface area contributed by atoms with E-state index in [2.05, 4.69) is 20.8 Å². The van der Waals surface area contributed by atoms with Crippen LogP contribution in [0, 0.1) is 0 Å². The zero-order valence-electron chi connectivity index (χ0n) is 12.9. The third-order valence-electron chi connectivity index (χ3n) is 2.95. The Morgan fingerprint density at radius 1 is 1.30 bits per heavy atom. The van der Waals surface area contributed by atoms with Gasteiger partial charge in [-0.1, -0.05) is 12.1 Å². The molecule has 0 spiro atoms. The van der Waals surface area contributed by atoms with Crippen molar-refractivity contribution in [2.75, 3.05) is 25.5 Å². The molecular formula is C15H18N6O2. The molecule has 1 aromatic heterocycles. The molecule has 0 radical (unpaired) electrons. The van der Waals surface area contributed by atoms with Crippen molar-refractivity contribution < 1.29 is 9.59 Å². The number of aromatic nitrogens is 2. The molecule has 0 atom stereocenters. The van der Waals surface area contributed by atoms with Gasteiger partial charge < -0.3 is 10.2 Å². The fraction of sp³-hybridized carbons (Fsp3) is 0.200. The SMILES string of the molecule is CN(C)c1ccc(/C=N\NC(=O)CNC(=O)n2ccnc2)cc1. The predicted octanol–water partition coefficient (Wildman–Crippen LogP) is 0.657. The largest absolute Gasteiger partial charge is 0.378 e. The van der Waals surface area contributed by atoms with Gasteiger partial charge in [0.15, 0.2) is 0 Å². The van der Waals surface area contributed by atoms with E-state index >= 15 is 0 Å². The van der Waals surface area contributed by atoms with Gasteiger partial charge in [0.05, 0.1) is 6.21 Å². The van der Waals surface area contributed by atoms with Gasteiger partial charge >= 0.3 is 6.03 Å². The van der Waals surface area contributed by atoms with Crippen LogP contribution in [0.2, 0.25) is 0 Å². The van der Waals surface area contributed by atoms with Crippen LogP contribution in [0.25, 0.3) is 0 Å². The lowest BCUT2D eigenvalue weighted by Gasteiger charge is -2.11. The Morgan fingerprint density at radius 2 is 2.04 bits per heavy atom. The van der Waals surface area contributed by atoms with E-state index in [1.807, 2.05) is 43.3 Å². The summed E-state index contributed by atoms with van der Waals surface area (Å²) >= 11 is 0. The monoisotopic (exact) mass is 314 g/mol. The highest BCUT2D eigenvalue weighted by Crippen LogP contribution is 2.10. The number of hydrogen-bond acceptors (Lipinski definition) is 5. The molecule has 8 nitrogen and oxygen atoms in total. The highest BCUT2D eigenvalue weighted by Gasteiger charge is 2.05. The first-order chi connectivity index (χ1) is 11.1. The van der Waals surface area contributed by atoms with Crippen molar-refractivity contribution in [3.8, 4) is 0 Å². The fourth-order valence-corrected chi connectivity index (χ4v) is 1.70. The Balaban J connectivity index is 1.76. The highest BCUT2D eigenvalue weighted by atomic mass is 16.2. The van der Waals surface area contributed by atoms with Crippen molar-refractivity contribution in [3.05, 3.63) is 48.5 Å². The summed E-state index contributed by atoms with van der Waals surface area (Å²) in [6.45, 7) is -0.173. The number of hydrazone groups is 1. The first-order valence-electron chi connectivity index (χ1n) is 6.91. The minimum atomic E-state index is -0.430. The van der Waals surface area contributed by atoms with Gasteiger partial charge in [0.1, 0.15) is 12.9 Å². The predicted molar refractivity (Wildman–Crippen MR) is 87.5 cm³/mol. The van der Waals surface area contributed by atoms with Crippen molar-refractivity contribution >= 4 is 23.8 Å². The summed E-state index contributed by atoms with van der Waals surface area (Å²) in [4.78, 5) is 28.9. The van der Waals surface area contributed by atoms with Gasteiger partial charge in [-0.3, -0.25) is 9.36 Å². The topological polar surface area (TPSA) is 91.6 Å². The Labute approximate surface area is 133 Å². The number of rotatable bonds is 5. The van der Waals surface area contributed by atoms with Crippen LogP contribution in [0.3, 0.4) is 0 Å². The summed E-state index contributed by atoms with van der Waals surface area (Å²) in [6, 6.07) is 7.27. The van der Waals surface area contributed by atoms with Crippen LogP contribution in [0.15, 0.2) is 48.1 Å². The molecule has 1 aromatic carbocycles. The number of carbonyl (C=O) groups is 2. The number of amides is 2. The van der Waals surface area contributed by atoms with Crippen LogP contribution in [0.1, 0.15) is 5.56 Å². The smallest absolute Gasteiger partial charge is 0.327 e. The van der Waals surface area contributed by atoms with E-state index in [1.165, 1.54) is 29.5 Å². The molecule has 0 aliphatic heterocycles. The van der Waals surface area contributed by atoms with E-state index in [0.29, 0.717) is 0 Å². The molecule has 0 unspecified atom stereocenters. The highest BCUT2D eigenvalue weighted by molar-refractivity contribution is 5.86. The van der Waals surface area contributed by atoms with Crippen molar-refractivity contribution in [1.82, 2.24) is 20.3 Å². The molecule has 0 saturated heterocycles. The maximum absolute atomic E-state index is 11.6. The zero-order valence-corrected chi connectivity index (χ0v) is 12.9. The van der Waals surface area contributed by atoms with E-state index in [4.69, 9.17) is 0 Å². The van der Waals surface area contributed by atoms with Crippen LogP contribution in [-0.2, 0) is 4.79 Å². The molecule has 1 heterocycles.